The standard InChI is InChI=1S/C36H44N4O4S/c1-4-8-33(44-28(3)41)22-36(26-37,30-9-6-5-7-10-30)31-16-19-39(20-17-31)23-29-24-40(25-29)32-11-13-34(14-12-32)45(42,43)35-15-18-38-27(2)21-35/h5-7,9-15,18,21,29,31,33H,4,8,16-17,19-20,22-25H2,1-3H3/t33-,36?/m1/s1. The van der Waals surface area contributed by atoms with Crippen LogP contribution in [-0.2, 0) is 24.8 Å². The van der Waals surface area contributed by atoms with E-state index in [4.69, 9.17) is 4.74 Å². The van der Waals surface area contributed by atoms with Gasteiger partial charge in [0.25, 0.3) is 0 Å². The van der Waals surface area contributed by atoms with Gasteiger partial charge in [-0.1, -0.05) is 43.7 Å². The van der Waals surface area contributed by atoms with Crippen LogP contribution in [0.3, 0.4) is 0 Å². The average Bonchev–Trinajstić information content (AvgIpc) is 3.02. The Hall–Kier alpha value is -3.74. The van der Waals surface area contributed by atoms with Gasteiger partial charge in [0.1, 0.15) is 6.10 Å². The Morgan fingerprint density at radius 2 is 1.76 bits per heavy atom. The number of pyridine rings is 1. The van der Waals surface area contributed by atoms with Crippen LogP contribution in [-0.4, -0.2) is 63.1 Å². The van der Waals surface area contributed by atoms with Crippen molar-refractivity contribution in [1.82, 2.24) is 9.88 Å². The number of carbonyl (C=O) groups is 1. The smallest absolute Gasteiger partial charge is 0.302 e. The molecular weight excluding hydrogens is 584 g/mol. The highest BCUT2D eigenvalue weighted by molar-refractivity contribution is 7.91. The zero-order valence-electron chi connectivity index (χ0n) is 26.6. The van der Waals surface area contributed by atoms with Crippen LogP contribution < -0.4 is 4.90 Å². The average molecular weight is 629 g/mol. The number of likely N-dealkylation sites (tertiary alicyclic amines) is 1. The molecule has 0 N–H and O–H groups in total. The molecule has 2 aliphatic rings. The third-order valence-electron chi connectivity index (χ3n) is 9.43. The Labute approximate surface area is 268 Å². The van der Waals surface area contributed by atoms with Gasteiger partial charge in [0, 0.05) is 56.5 Å². The van der Waals surface area contributed by atoms with Crippen LogP contribution in [0.5, 0.6) is 0 Å². The van der Waals surface area contributed by atoms with Gasteiger partial charge in [0.05, 0.1) is 21.3 Å². The molecule has 2 atom stereocenters. The maximum absolute atomic E-state index is 13.0. The minimum Gasteiger partial charge on any atom is -0.462 e. The summed E-state index contributed by atoms with van der Waals surface area (Å²) in [6.07, 6.45) is 5.24. The third-order valence-corrected chi connectivity index (χ3v) is 11.2. The van der Waals surface area contributed by atoms with E-state index in [1.165, 1.54) is 19.2 Å². The van der Waals surface area contributed by atoms with Crippen molar-refractivity contribution in [3.8, 4) is 6.07 Å². The van der Waals surface area contributed by atoms with Crippen molar-refractivity contribution in [2.24, 2.45) is 11.8 Å². The van der Waals surface area contributed by atoms with Gasteiger partial charge in [-0.3, -0.25) is 9.78 Å². The number of carbonyl (C=O) groups excluding carboxylic acids is 1. The highest BCUT2D eigenvalue weighted by atomic mass is 32.2. The van der Waals surface area contributed by atoms with Crippen molar-refractivity contribution < 1.29 is 17.9 Å². The largest absolute Gasteiger partial charge is 0.462 e. The lowest BCUT2D eigenvalue weighted by Gasteiger charge is -2.46. The zero-order chi connectivity index (χ0) is 32.0. The Balaban J connectivity index is 1.17. The lowest BCUT2D eigenvalue weighted by Crippen LogP contribution is -2.53. The Morgan fingerprint density at radius 3 is 2.36 bits per heavy atom. The van der Waals surface area contributed by atoms with Crippen LogP contribution in [0.2, 0.25) is 0 Å². The summed E-state index contributed by atoms with van der Waals surface area (Å²) in [4.78, 5) is 21.4. The summed E-state index contributed by atoms with van der Waals surface area (Å²) in [7, 11) is -3.58. The number of anilines is 1. The molecule has 45 heavy (non-hydrogen) atoms. The number of aromatic nitrogens is 1. The monoisotopic (exact) mass is 628 g/mol. The fourth-order valence-electron chi connectivity index (χ4n) is 7.10. The van der Waals surface area contributed by atoms with Crippen molar-refractivity contribution in [1.29, 1.82) is 5.26 Å². The molecule has 0 bridgehead atoms. The van der Waals surface area contributed by atoms with Crippen molar-refractivity contribution >= 4 is 21.5 Å². The number of piperidine rings is 1. The number of hydrogen-bond acceptors (Lipinski definition) is 8. The van der Waals surface area contributed by atoms with Gasteiger partial charge < -0.3 is 14.5 Å². The molecule has 0 radical (unpaired) electrons. The maximum atomic E-state index is 13.0. The fraction of sp³-hybridized carbons (Fsp3) is 0.472. The van der Waals surface area contributed by atoms with Gasteiger partial charge >= 0.3 is 5.97 Å². The first kappa shape index (κ1) is 32.6. The summed E-state index contributed by atoms with van der Waals surface area (Å²) >= 11 is 0. The van der Waals surface area contributed by atoms with Crippen LogP contribution in [0.1, 0.15) is 57.2 Å². The lowest BCUT2D eigenvalue weighted by molar-refractivity contribution is -0.147. The lowest BCUT2D eigenvalue weighted by atomic mass is 9.64. The molecule has 2 aliphatic heterocycles. The van der Waals surface area contributed by atoms with E-state index in [-0.39, 0.29) is 27.8 Å². The van der Waals surface area contributed by atoms with E-state index in [0.29, 0.717) is 18.0 Å². The number of esters is 1. The van der Waals surface area contributed by atoms with Crippen molar-refractivity contribution in [3.63, 3.8) is 0 Å². The number of nitrogens with zero attached hydrogens (tertiary/aromatic N) is 4. The molecule has 0 saturated carbocycles. The molecule has 0 spiro atoms. The second-order valence-electron chi connectivity index (χ2n) is 12.6. The van der Waals surface area contributed by atoms with E-state index >= 15 is 0 Å². The molecular formula is C36H44N4O4S. The number of aryl methyl sites for hydroxylation is 1. The van der Waals surface area contributed by atoms with E-state index in [2.05, 4.69) is 39.9 Å². The predicted octanol–water partition coefficient (Wildman–Crippen LogP) is 5.95. The molecule has 0 amide bonds. The predicted molar refractivity (Wildman–Crippen MR) is 175 cm³/mol. The molecule has 5 rings (SSSR count). The van der Waals surface area contributed by atoms with E-state index in [1.54, 1.807) is 25.1 Å². The molecule has 2 aromatic carbocycles. The van der Waals surface area contributed by atoms with E-state index < -0.39 is 15.3 Å². The van der Waals surface area contributed by atoms with E-state index in [1.807, 2.05) is 30.3 Å². The van der Waals surface area contributed by atoms with Gasteiger partial charge in [-0.05, 0) is 87.2 Å². The summed E-state index contributed by atoms with van der Waals surface area (Å²) in [5.41, 5.74) is 2.02. The molecule has 9 heteroatoms. The Kier molecular flexibility index (Phi) is 10.3. The summed E-state index contributed by atoms with van der Waals surface area (Å²) in [5.74, 6) is 0.427. The van der Waals surface area contributed by atoms with Gasteiger partial charge in [-0.15, -0.1) is 0 Å². The molecule has 238 valence electrons. The molecule has 3 heterocycles. The van der Waals surface area contributed by atoms with Crippen LogP contribution in [0.25, 0.3) is 0 Å². The first-order chi connectivity index (χ1) is 21.6. The number of sulfone groups is 1. The minimum absolute atomic E-state index is 0.180. The molecule has 0 aliphatic carbocycles. The van der Waals surface area contributed by atoms with Crippen LogP contribution in [0.15, 0.2) is 82.7 Å². The Morgan fingerprint density at radius 1 is 1.07 bits per heavy atom. The van der Waals surface area contributed by atoms with Gasteiger partial charge in [-0.25, -0.2) is 8.42 Å². The molecule has 1 aromatic heterocycles. The van der Waals surface area contributed by atoms with Crippen molar-refractivity contribution in [3.05, 3.63) is 84.2 Å². The summed E-state index contributed by atoms with van der Waals surface area (Å²) < 4.78 is 31.8. The van der Waals surface area contributed by atoms with E-state index in [9.17, 15) is 18.5 Å². The van der Waals surface area contributed by atoms with Crippen LogP contribution in [0, 0.1) is 30.1 Å². The third kappa shape index (κ3) is 7.40. The second kappa shape index (κ2) is 14.1. The summed E-state index contributed by atoms with van der Waals surface area (Å²) in [6.45, 7) is 10.1. The minimum atomic E-state index is -3.58. The molecule has 8 nitrogen and oxygen atoms in total. The Bertz CT molecular complexity index is 1590. The SMILES string of the molecule is CCC[C@H](CC(C#N)(c1ccccc1)C1CCN(CC2CN(c3ccc(S(=O)(=O)c4ccnc(C)c4)cc3)C2)CC1)OC(C)=O. The maximum Gasteiger partial charge on any atom is 0.302 e. The van der Waals surface area contributed by atoms with Gasteiger partial charge in [0.15, 0.2) is 0 Å². The van der Waals surface area contributed by atoms with E-state index in [0.717, 1.165) is 69.7 Å². The molecule has 3 aromatic rings. The first-order valence-electron chi connectivity index (χ1n) is 16.0. The van der Waals surface area contributed by atoms with Crippen LogP contribution >= 0.6 is 0 Å². The topological polar surface area (TPSA) is 104 Å². The van der Waals surface area contributed by atoms with Crippen molar-refractivity contribution in [2.75, 3.05) is 37.6 Å². The highest BCUT2D eigenvalue weighted by Gasteiger charge is 2.44. The molecule has 2 fully saturated rings. The number of rotatable bonds is 12. The number of ether oxygens (including phenoxy) is 1. The van der Waals surface area contributed by atoms with Gasteiger partial charge in [-0.2, -0.15) is 5.26 Å². The summed E-state index contributed by atoms with van der Waals surface area (Å²) in [6, 6.07) is 23.1. The fourth-order valence-corrected chi connectivity index (χ4v) is 8.44. The normalized spacial score (nSPS) is 18.4. The van der Waals surface area contributed by atoms with Crippen molar-refractivity contribution in [2.45, 2.75) is 74.2 Å². The first-order valence-corrected chi connectivity index (χ1v) is 17.5. The zero-order valence-corrected chi connectivity index (χ0v) is 27.4. The van der Waals surface area contributed by atoms with Gasteiger partial charge in [0.2, 0.25) is 9.84 Å². The molecule has 1 unspecified atom stereocenters. The number of hydrogen-bond donors (Lipinski definition) is 0. The number of benzene rings is 2. The number of nitriles is 1. The second-order valence-corrected chi connectivity index (χ2v) is 14.6. The summed E-state index contributed by atoms with van der Waals surface area (Å²) in [5, 5.41) is 10.7. The quantitative estimate of drug-likeness (QED) is 0.227. The van der Waals surface area contributed by atoms with Crippen LogP contribution in [0.4, 0.5) is 5.69 Å². The molecule has 2 saturated heterocycles. The highest BCUT2D eigenvalue weighted by Crippen LogP contribution is 2.43.